The van der Waals surface area contributed by atoms with E-state index in [0.717, 1.165) is 37.2 Å². The minimum atomic E-state index is 0.312. The number of nitrogens with two attached hydrogens (primary N) is 1. The maximum absolute atomic E-state index is 5.94. The molecule has 0 saturated carbocycles. The van der Waals surface area contributed by atoms with Crippen LogP contribution in [-0.4, -0.2) is 39.2 Å². The fourth-order valence-electron chi connectivity index (χ4n) is 2.92. The molecule has 7 heteroatoms. The number of hydrogen-bond donors (Lipinski definition) is 1. The summed E-state index contributed by atoms with van der Waals surface area (Å²) in [7, 11) is 0. The fourth-order valence-corrected chi connectivity index (χ4v) is 2.92. The average molecular weight is 351 g/mol. The summed E-state index contributed by atoms with van der Waals surface area (Å²) in [4.78, 5) is 11.1. The molecule has 0 spiro atoms. The monoisotopic (exact) mass is 351 g/mol. The summed E-state index contributed by atoms with van der Waals surface area (Å²) < 4.78 is 11.1. The number of rotatable bonds is 5. The van der Waals surface area contributed by atoms with Crippen molar-refractivity contribution in [3.05, 3.63) is 54.6 Å². The maximum Gasteiger partial charge on any atom is 0.241 e. The summed E-state index contributed by atoms with van der Waals surface area (Å²) in [6.07, 6.45) is 3.70. The quantitative estimate of drug-likeness (QED) is 0.756. The first-order chi connectivity index (χ1) is 12.8. The van der Waals surface area contributed by atoms with Gasteiger partial charge in [0.2, 0.25) is 17.6 Å². The van der Waals surface area contributed by atoms with Gasteiger partial charge in [-0.1, -0.05) is 23.4 Å². The van der Waals surface area contributed by atoms with E-state index < -0.39 is 0 Å². The number of likely N-dealkylation sites (tertiary alicyclic amines) is 1. The van der Waals surface area contributed by atoms with Crippen LogP contribution in [0.3, 0.4) is 0 Å². The zero-order chi connectivity index (χ0) is 17.8. The zero-order valence-corrected chi connectivity index (χ0v) is 14.4. The van der Waals surface area contributed by atoms with E-state index in [9.17, 15) is 0 Å². The first-order valence-corrected chi connectivity index (χ1v) is 8.76. The Morgan fingerprint density at radius 2 is 1.92 bits per heavy atom. The molecule has 1 aromatic carbocycles. The SMILES string of the molecule is NC1CCN(Cc2nc(-c3ccc(Oc4ccccc4)nc3)no2)CC1. The highest BCUT2D eigenvalue weighted by molar-refractivity contribution is 5.53. The Kier molecular flexibility index (Phi) is 4.90. The molecule has 1 aliphatic heterocycles. The molecule has 2 aromatic heterocycles. The van der Waals surface area contributed by atoms with Crippen LogP contribution in [0.1, 0.15) is 18.7 Å². The van der Waals surface area contributed by atoms with E-state index in [4.69, 9.17) is 15.0 Å². The molecule has 1 fully saturated rings. The molecule has 3 heterocycles. The minimum absolute atomic E-state index is 0.312. The highest BCUT2D eigenvalue weighted by Crippen LogP contribution is 2.22. The van der Waals surface area contributed by atoms with Gasteiger partial charge >= 0.3 is 0 Å². The first kappa shape index (κ1) is 16.7. The summed E-state index contributed by atoms with van der Waals surface area (Å²) in [6, 6.07) is 13.5. The second kappa shape index (κ2) is 7.63. The summed E-state index contributed by atoms with van der Waals surface area (Å²) in [5.74, 6) is 2.41. The van der Waals surface area contributed by atoms with E-state index in [1.807, 2.05) is 36.4 Å². The van der Waals surface area contributed by atoms with Crippen molar-refractivity contribution in [3.8, 4) is 23.0 Å². The predicted molar refractivity (Wildman–Crippen MR) is 96.5 cm³/mol. The van der Waals surface area contributed by atoms with Crippen LogP contribution in [0, 0.1) is 0 Å². The van der Waals surface area contributed by atoms with Gasteiger partial charge in [0.15, 0.2) is 0 Å². The molecule has 0 unspecified atom stereocenters. The molecule has 3 aromatic rings. The molecule has 1 saturated heterocycles. The number of piperidine rings is 1. The van der Waals surface area contributed by atoms with E-state index in [0.29, 0.717) is 30.2 Å². The molecule has 0 amide bonds. The van der Waals surface area contributed by atoms with Gasteiger partial charge in [-0.2, -0.15) is 4.98 Å². The van der Waals surface area contributed by atoms with E-state index in [-0.39, 0.29) is 0 Å². The number of benzene rings is 1. The molecule has 1 aliphatic rings. The number of hydrogen-bond acceptors (Lipinski definition) is 7. The third-order valence-corrected chi connectivity index (χ3v) is 4.42. The van der Waals surface area contributed by atoms with Gasteiger partial charge in [-0.15, -0.1) is 0 Å². The lowest BCUT2D eigenvalue weighted by Crippen LogP contribution is -2.39. The summed E-state index contributed by atoms with van der Waals surface area (Å²) >= 11 is 0. The van der Waals surface area contributed by atoms with Crippen molar-refractivity contribution in [2.24, 2.45) is 5.73 Å². The Bertz CT molecular complexity index is 827. The maximum atomic E-state index is 5.94. The third-order valence-electron chi connectivity index (χ3n) is 4.42. The number of pyridine rings is 1. The van der Waals surface area contributed by atoms with E-state index in [2.05, 4.69) is 20.0 Å². The number of ether oxygens (including phenoxy) is 1. The normalized spacial score (nSPS) is 15.9. The second-order valence-corrected chi connectivity index (χ2v) is 6.43. The summed E-state index contributed by atoms with van der Waals surface area (Å²) in [5, 5.41) is 4.06. The Morgan fingerprint density at radius 1 is 1.12 bits per heavy atom. The third kappa shape index (κ3) is 4.07. The molecule has 134 valence electrons. The van der Waals surface area contributed by atoms with Gasteiger partial charge in [0.25, 0.3) is 0 Å². The highest BCUT2D eigenvalue weighted by Gasteiger charge is 2.19. The largest absolute Gasteiger partial charge is 0.439 e. The highest BCUT2D eigenvalue weighted by atomic mass is 16.5. The molecule has 0 bridgehead atoms. The molecule has 4 rings (SSSR count). The van der Waals surface area contributed by atoms with Crippen LogP contribution < -0.4 is 10.5 Å². The number of para-hydroxylation sites is 1. The van der Waals surface area contributed by atoms with Crippen molar-refractivity contribution < 1.29 is 9.26 Å². The first-order valence-electron chi connectivity index (χ1n) is 8.76. The average Bonchev–Trinajstić information content (AvgIpc) is 3.14. The molecule has 7 nitrogen and oxygen atoms in total. The Morgan fingerprint density at radius 3 is 2.65 bits per heavy atom. The van der Waals surface area contributed by atoms with Crippen LogP contribution in [0.2, 0.25) is 0 Å². The molecule has 2 N–H and O–H groups in total. The van der Waals surface area contributed by atoms with Crippen LogP contribution in [0.5, 0.6) is 11.6 Å². The Balaban J connectivity index is 1.39. The van der Waals surface area contributed by atoms with Crippen LogP contribution in [-0.2, 0) is 6.54 Å². The topological polar surface area (TPSA) is 90.3 Å². The molecular formula is C19H21N5O2. The van der Waals surface area contributed by atoms with E-state index in [1.165, 1.54) is 0 Å². The number of aromatic nitrogens is 3. The predicted octanol–water partition coefficient (Wildman–Crippen LogP) is 2.85. The summed E-state index contributed by atoms with van der Waals surface area (Å²) in [6.45, 7) is 2.58. The molecule has 0 aliphatic carbocycles. The standard InChI is InChI=1S/C19H21N5O2/c20-15-8-10-24(11-9-15)13-18-22-19(23-26-18)14-6-7-17(21-12-14)25-16-4-2-1-3-5-16/h1-7,12,15H,8-11,13,20H2. The molecule has 26 heavy (non-hydrogen) atoms. The Labute approximate surface area is 151 Å². The van der Waals surface area contributed by atoms with Gasteiger partial charge in [0, 0.05) is 37.0 Å². The Hall–Kier alpha value is -2.77. The van der Waals surface area contributed by atoms with Gasteiger partial charge < -0.3 is 15.0 Å². The second-order valence-electron chi connectivity index (χ2n) is 6.43. The molecule has 0 atom stereocenters. The van der Waals surface area contributed by atoms with Crippen LogP contribution in [0.25, 0.3) is 11.4 Å². The van der Waals surface area contributed by atoms with Crippen molar-refractivity contribution in [1.29, 1.82) is 0 Å². The van der Waals surface area contributed by atoms with Gasteiger partial charge in [-0.25, -0.2) is 4.98 Å². The zero-order valence-electron chi connectivity index (χ0n) is 14.4. The van der Waals surface area contributed by atoms with Gasteiger partial charge in [-0.3, -0.25) is 4.90 Å². The summed E-state index contributed by atoms with van der Waals surface area (Å²) in [5.41, 5.74) is 6.73. The lowest BCUT2D eigenvalue weighted by atomic mass is 10.1. The van der Waals surface area contributed by atoms with Gasteiger partial charge in [-0.05, 0) is 31.0 Å². The van der Waals surface area contributed by atoms with Crippen LogP contribution >= 0.6 is 0 Å². The lowest BCUT2D eigenvalue weighted by molar-refractivity contribution is 0.182. The van der Waals surface area contributed by atoms with Crippen LogP contribution in [0.4, 0.5) is 0 Å². The minimum Gasteiger partial charge on any atom is -0.439 e. The lowest BCUT2D eigenvalue weighted by Gasteiger charge is -2.28. The molecule has 0 radical (unpaired) electrons. The van der Waals surface area contributed by atoms with E-state index in [1.54, 1.807) is 12.3 Å². The number of nitrogens with zero attached hydrogens (tertiary/aromatic N) is 4. The van der Waals surface area contributed by atoms with Crippen molar-refractivity contribution >= 4 is 0 Å². The van der Waals surface area contributed by atoms with Crippen molar-refractivity contribution in [2.75, 3.05) is 13.1 Å². The van der Waals surface area contributed by atoms with Gasteiger partial charge in [0.05, 0.1) is 6.54 Å². The van der Waals surface area contributed by atoms with Crippen molar-refractivity contribution in [1.82, 2.24) is 20.0 Å². The van der Waals surface area contributed by atoms with Gasteiger partial charge in [0.1, 0.15) is 5.75 Å². The van der Waals surface area contributed by atoms with Crippen LogP contribution in [0.15, 0.2) is 53.2 Å². The van der Waals surface area contributed by atoms with E-state index >= 15 is 0 Å². The molecular weight excluding hydrogens is 330 g/mol. The van der Waals surface area contributed by atoms with Crippen molar-refractivity contribution in [3.63, 3.8) is 0 Å². The fraction of sp³-hybridized carbons (Fsp3) is 0.316. The van der Waals surface area contributed by atoms with Crippen molar-refractivity contribution in [2.45, 2.75) is 25.4 Å². The smallest absolute Gasteiger partial charge is 0.241 e.